The van der Waals surface area contributed by atoms with Gasteiger partial charge in [0.25, 0.3) is 0 Å². The first-order valence-corrected chi connectivity index (χ1v) is 3.19. The van der Waals surface area contributed by atoms with Crippen molar-refractivity contribution in [2.45, 2.75) is 11.1 Å². The minimum Gasteiger partial charge on any atom is -0.356 e. The smallest absolute Gasteiger partial charge is 0.171 e. The van der Waals surface area contributed by atoms with Gasteiger partial charge < -0.3 is 9.47 Å². The van der Waals surface area contributed by atoms with Gasteiger partial charge in [0, 0.05) is 0 Å². The number of halogens is 2. The van der Waals surface area contributed by atoms with Crippen LogP contribution >= 0.6 is 23.2 Å². The summed E-state index contributed by atoms with van der Waals surface area (Å²) in [7, 11) is 0. The molecule has 1 rings (SSSR count). The van der Waals surface area contributed by atoms with Crippen LogP contribution in [0.3, 0.4) is 0 Å². The van der Waals surface area contributed by atoms with Crippen molar-refractivity contribution >= 4 is 23.2 Å². The van der Waals surface area contributed by atoms with Crippen molar-refractivity contribution in [3.05, 3.63) is 0 Å². The van der Waals surface area contributed by atoms with Crippen LogP contribution in [0.1, 0.15) is 0 Å². The SMILES string of the molecule is Cl[C@@H]1OCCO[C@H]1Cl. The molecule has 1 fully saturated rings. The molecule has 0 radical (unpaired) electrons. The summed E-state index contributed by atoms with van der Waals surface area (Å²) >= 11 is 11.0. The predicted octanol–water partition coefficient (Wildman–Crippen LogP) is 1.16. The van der Waals surface area contributed by atoms with Crippen LogP contribution in [-0.2, 0) is 9.47 Å². The van der Waals surface area contributed by atoms with E-state index >= 15 is 0 Å². The van der Waals surface area contributed by atoms with Crippen LogP contribution in [0.2, 0.25) is 0 Å². The number of hydrogen-bond donors (Lipinski definition) is 0. The lowest BCUT2D eigenvalue weighted by Crippen LogP contribution is -2.30. The van der Waals surface area contributed by atoms with Crippen LogP contribution in [0.5, 0.6) is 0 Å². The fourth-order valence-electron chi connectivity index (χ4n) is 0.473. The quantitative estimate of drug-likeness (QED) is 0.491. The first-order valence-electron chi connectivity index (χ1n) is 2.32. The molecule has 0 N–H and O–H groups in total. The molecule has 0 bridgehead atoms. The molecule has 8 heavy (non-hydrogen) atoms. The van der Waals surface area contributed by atoms with Crippen LogP contribution in [0.4, 0.5) is 0 Å². The zero-order chi connectivity index (χ0) is 5.98. The third-order valence-electron chi connectivity index (χ3n) is 0.844. The lowest BCUT2D eigenvalue weighted by molar-refractivity contribution is -0.0728. The van der Waals surface area contributed by atoms with E-state index in [1.54, 1.807) is 0 Å². The van der Waals surface area contributed by atoms with Gasteiger partial charge in [0.2, 0.25) is 0 Å². The van der Waals surface area contributed by atoms with E-state index in [9.17, 15) is 0 Å². The summed E-state index contributed by atoms with van der Waals surface area (Å²) in [6.07, 6.45) is 0. The summed E-state index contributed by atoms with van der Waals surface area (Å²) in [5.41, 5.74) is -0.962. The summed E-state index contributed by atoms with van der Waals surface area (Å²) in [5, 5.41) is 0. The maximum atomic E-state index is 5.49. The molecular formula is C4H6Cl2O2. The van der Waals surface area contributed by atoms with E-state index in [2.05, 4.69) is 0 Å². The standard InChI is InChI=1S/C4H6Cl2O2/c5-3-4(6)8-2-1-7-3/h3-4H,1-2H2/t3-,4-/m1/s1. The Balaban J connectivity index is 2.28. The summed E-state index contributed by atoms with van der Waals surface area (Å²) < 4.78 is 9.80. The van der Waals surface area contributed by atoms with Crippen molar-refractivity contribution in [1.82, 2.24) is 0 Å². The van der Waals surface area contributed by atoms with E-state index in [1.807, 2.05) is 0 Å². The van der Waals surface area contributed by atoms with Gasteiger partial charge in [-0.2, -0.15) is 0 Å². The second kappa shape index (κ2) is 2.87. The summed E-state index contributed by atoms with van der Waals surface area (Å²) in [5.74, 6) is 0. The number of hydrogen-bond acceptors (Lipinski definition) is 2. The molecule has 0 amide bonds. The van der Waals surface area contributed by atoms with Gasteiger partial charge >= 0.3 is 0 Å². The largest absolute Gasteiger partial charge is 0.356 e. The van der Waals surface area contributed by atoms with Crippen LogP contribution in [0.15, 0.2) is 0 Å². The highest BCUT2D eigenvalue weighted by Crippen LogP contribution is 2.16. The molecule has 0 aromatic rings. The highest BCUT2D eigenvalue weighted by molar-refractivity contribution is 6.28. The minimum absolute atomic E-state index is 0.481. The van der Waals surface area contributed by atoms with Gasteiger partial charge in [-0.25, -0.2) is 0 Å². The molecule has 4 heteroatoms. The summed E-state index contributed by atoms with van der Waals surface area (Å²) in [6, 6.07) is 0. The Labute approximate surface area is 57.7 Å². The topological polar surface area (TPSA) is 18.5 Å². The van der Waals surface area contributed by atoms with E-state index in [1.165, 1.54) is 0 Å². The molecule has 0 aliphatic carbocycles. The Morgan fingerprint density at radius 1 is 1.00 bits per heavy atom. The minimum atomic E-state index is -0.481. The van der Waals surface area contributed by atoms with Crippen LogP contribution in [0.25, 0.3) is 0 Å². The lowest BCUT2D eigenvalue weighted by atomic mass is 10.6. The van der Waals surface area contributed by atoms with E-state index in [0.717, 1.165) is 0 Å². The van der Waals surface area contributed by atoms with Gasteiger partial charge in [0.1, 0.15) is 0 Å². The molecule has 0 aromatic carbocycles. The maximum Gasteiger partial charge on any atom is 0.171 e. The number of ether oxygens (including phenoxy) is 2. The van der Waals surface area contributed by atoms with Gasteiger partial charge in [0.15, 0.2) is 11.1 Å². The summed E-state index contributed by atoms with van der Waals surface area (Å²) in [6.45, 7) is 1.08. The first kappa shape index (κ1) is 6.62. The fourth-order valence-corrected chi connectivity index (χ4v) is 0.796. The second-order valence-electron chi connectivity index (χ2n) is 1.44. The molecule has 1 heterocycles. The summed E-state index contributed by atoms with van der Waals surface area (Å²) in [4.78, 5) is 0. The molecule has 48 valence electrons. The number of alkyl halides is 2. The predicted molar refractivity (Wildman–Crippen MR) is 31.2 cm³/mol. The molecule has 0 spiro atoms. The highest BCUT2D eigenvalue weighted by Gasteiger charge is 2.21. The van der Waals surface area contributed by atoms with Gasteiger partial charge in [-0.05, 0) is 0 Å². The zero-order valence-electron chi connectivity index (χ0n) is 4.14. The van der Waals surface area contributed by atoms with Gasteiger partial charge in [-0.1, -0.05) is 23.2 Å². The van der Waals surface area contributed by atoms with E-state index in [-0.39, 0.29) is 0 Å². The van der Waals surface area contributed by atoms with Crippen LogP contribution in [0, 0.1) is 0 Å². The van der Waals surface area contributed by atoms with Crippen molar-refractivity contribution in [3.63, 3.8) is 0 Å². The van der Waals surface area contributed by atoms with Crippen molar-refractivity contribution in [3.8, 4) is 0 Å². The van der Waals surface area contributed by atoms with Crippen molar-refractivity contribution in [2.75, 3.05) is 13.2 Å². The zero-order valence-corrected chi connectivity index (χ0v) is 5.65. The molecular weight excluding hydrogens is 151 g/mol. The Hall–Kier alpha value is 0.500. The van der Waals surface area contributed by atoms with Crippen molar-refractivity contribution in [2.24, 2.45) is 0 Å². The molecule has 1 saturated heterocycles. The Morgan fingerprint density at radius 2 is 1.38 bits per heavy atom. The highest BCUT2D eigenvalue weighted by atomic mass is 35.5. The van der Waals surface area contributed by atoms with E-state index in [4.69, 9.17) is 32.7 Å². The third kappa shape index (κ3) is 1.49. The van der Waals surface area contributed by atoms with Gasteiger partial charge in [-0.3, -0.25) is 0 Å². The average Bonchev–Trinajstić information content (AvgIpc) is 1.77. The monoisotopic (exact) mass is 156 g/mol. The van der Waals surface area contributed by atoms with Crippen molar-refractivity contribution in [1.29, 1.82) is 0 Å². The second-order valence-corrected chi connectivity index (χ2v) is 2.30. The van der Waals surface area contributed by atoms with Gasteiger partial charge in [-0.15, -0.1) is 0 Å². The lowest BCUT2D eigenvalue weighted by Gasteiger charge is -2.22. The molecule has 0 unspecified atom stereocenters. The number of rotatable bonds is 0. The molecule has 0 aromatic heterocycles. The van der Waals surface area contributed by atoms with Crippen molar-refractivity contribution < 1.29 is 9.47 Å². The molecule has 2 atom stereocenters. The molecule has 0 saturated carbocycles. The molecule has 2 nitrogen and oxygen atoms in total. The Morgan fingerprint density at radius 3 is 1.62 bits per heavy atom. The Bertz CT molecular complexity index is 68.4. The molecule has 1 aliphatic rings. The third-order valence-corrected chi connectivity index (χ3v) is 1.68. The van der Waals surface area contributed by atoms with Crippen LogP contribution < -0.4 is 0 Å². The first-order chi connectivity index (χ1) is 3.80. The molecule has 1 aliphatic heterocycles. The van der Waals surface area contributed by atoms with E-state index < -0.39 is 11.1 Å². The fraction of sp³-hybridized carbons (Fsp3) is 1.00. The Kier molecular flexibility index (Phi) is 2.38. The van der Waals surface area contributed by atoms with Crippen LogP contribution in [-0.4, -0.2) is 24.3 Å². The van der Waals surface area contributed by atoms with Gasteiger partial charge in [0.05, 0.1) is 13.2 Å². The maximum absolute atomic E-state index is 5.49. The van der Waals surface area contributed by atoms with E-state index in [0.29, 0.717) is 13.2 Å². The average molecular weight is 157 g/mol. The normalized spacial score (nSPS) is 39.8.